The van der Waals surface area contributed by atoms with Crippen molar-refractivity contribution in [2.45, 2.75) is 10.8 Å². The van der Waals surface area contributed by atoms with Crippen LogP contribution in [0, 0.1) is 0 Å². The summed E-state index contributed by atoms with van der Waals surface area (Å²) in [4.78, 5) is 12.6. The third-order valence-corrected chi connectivity index (χ3v) is 3.80. The molecule has 2 aromatic heterocycles. The number of aromatic nitrogens is 3. The third-order valence-electron chi connectivity index (χ3n) is 2.73. The molecule has 19 heavy (non-hydrogen) atoms. The van der Waals surface area contributed by atoms with Gasteiger partial charge in [0, 0.05) is 17.3 Å². The van der Waals surface area contributed by atoms with Crippen molar-refractivity contribution in [3.8, 4) is 0 Å². The van der Waals surface area contributed by atoms with E-state index < -0.39 is 0 Å². The first kappa shape index (κ1) is 11.9. The van der Waals surface area contributed by atoms with E-state index in [9.17, 15) is 0 Å². The Balaban J connectivity index is 1.86. The Hall–Kier alpha value is -2.14. The van der Waals surface area contributed by atoms with Crippen LogP contribution in [0.1, 0.15) is 5.56 Å². The number of anilines is 1. The van der Waals surface area contributed by atoms with Gasteiger partial charge in [-0.3, -0.25) is 0 Å². The van der Waals surface area contributed by atoms with Crippen LogP contribution < -0.4 is 5.73 Å². The SMILES string of the molecule is Nc1cc(CSc2ncnc3ccccc23)ccn1. The van der Waals surface area contributed by atoms with E-state index in [1.165, 1.54) is 0 Å². The highest BCUT2D eigenvalue weighted by Gasteiger charge is 2.04. The summed E-state index contributed by atoms with van der Waals surface area (Å²) in [6, 6.07) is 11.9. The van der Waals surface area contributed by atoms with Gasteiger partial charge in [-0.1, -0.05) is 18.2 Å². The second kappa shape index (κ2) is 5.24. The van der Waals surface area contributed by atoms with Gasteiger partial charge in [0.2, 0.25) is 0 Å². The predicted molar refractivity (Wildman–Crippen MR) is 77.7 cm³/mol. The van der Waals surface area contributed by atoms with Crippen LogP contribution >= 0.6 is 11.8 Å². The monoisotopic (exact) mass is 268 g/mol. The molecule has 0 aliphatic carbocycles. The Morgan fingerprint density at radius 1 is 1.05 bits per heavy atom. The van der Waals surface area contributed by atoms with Crippen LogP contribution in [0.5, 0.6) is 0 Å². The lowest BCUT2D eigenvalue weighted by Gasteiger charge is -2.05. The van der Waals surface area contributed by atoms with Gasteiger partial charge in [-0.25, -0.2) is 15.0 Å². The molecule has 2 heterocycles. The molecule has 0 fully saturated rings. The Kier molecular flexibility index (Phi) is 3.29. The lowest BCUT2D eigenvalue weighted by molar-refractivity contribution is 1.10. The predicted octanol–water partition coefficient (Wildman–Crippen LogP) is 2.90. The van der Waals surface area contributed by atoms with Gasteiger partial charge in [-0.15, -0.1) is 11.8 Å². The van der Waals surface area contributed by atoms with Crippen LogP contribution in [0.15, 0.2) is 53.9 Å². The van der Waals surface area contributed by atoms with Crippen molar-refractivity contribution in [2.24, 2.45) is 0 Å². The summed E-state index contributed by atoms with van der Waals surface area (Å²) < 4.78 is 0. The number of hydrogen-bond acceptors (Lipinski definition) is 5. The molecule has 0 amide bonds. The number of thioether (sulfide) groups is 1. The molecule has 0 radical (unpaired) electrons. The second-order valence-corrected chi connectivity index (χ2v) is 5.04. The van der Waals surface area contributed by atoms with Crippen molar-refractivity contribution >= 4 is 28.5 Å². The number of rotatable bonds is 3. The minimum absolute atomic E-state index is 0.547. The lowest BCUT2D eigenvalue weighted by Crippen LogP contribution is -1.92. The van der Waals surface area contributed by atoms with Crippen molar-refractivity contribution in [3.05, 3.63) is 54.5 Å². The van der Waals surface area contributed by atoms with Crippen LogP contribution in [-0.4, -0.2) is 15.0 Å². The van der Waals surface area contributed by atoms with Crippen LogP contribution in [0.2, 0.25) is 0 Å². The Morgan fingerprint density at radius 3 is 2.84 bits per heavy atom. The highest BCUT2D eigenvalue weighted by molar-refractivity contribution is 7.98. The summed E-state index contributed by atoms with van der Waals surface area (Å²) in [5, 5.41) is 2.07. The van der Waals surface area contributed by atoms with Gasteiger partial charge >= 0.3 is 0 Å². The zero-order valence-electron chi connectivity index (χ0n) is 10.2. The fourth-order valence-corrected chi connectivity index (χ4v) is 2.76. The highest BCUT2D eigenvalue weighted by atomic mass is 32.2. The molecule has 3 aromatic rings. The summed E-state index contributed by atoms with van der Waals surface area (Å²) in [5.41, 5.74) is 7.78. The first-order valence-electron chi connectivity index (χ1n) is 5.86. The average molecular weight is 268 g/mol. The van der Waals surface area contributed by atoms with E-state index in [0.717, 1.165) is 27.2 Å². The molecule has 3 rings (SSSR count). The normalized spacial score (nSPS) is 10.7. The van der Waals surface area contributed by atoms with Crippen molar-refractivity contribution in [3.63, 3.8) is 0 Å². The average Bonchev–Trinajstić information content (AvgIpc) is 2.45. The smallest absolute Gasteiger partial charge is 0.123 e. The van der Waals surface area contributed by atoms with Crippen molar-refractivity contribution in [1.82, 2.24) is 15.0 Å². The van der Waals surface area contributed by atoms with Gasteiger partial charge in [-0.2, -0.15) is 0 Å². The number of pyridine rings is 1. The van der Waals surface area contributed by atoms with Gasteiger partial charge in [-0.05, 0) is 23.8 Å². The molecule has 2 N–H and O–H groups in total. The molecule has 5 heteroatoms. The van der Waals surface area contributed by atoms with Gasteiger partial charge < -0.3 is 5.73 Å². The summed E-state index contributed by atoms with van der Waals surface area (Å²) in [6.07, 6.45) is 3.33. The molecule has 0 spiro atoms. The summed E-state index contributed by atoms with van der Waals surface area (Å²) >= 11 is 1.68. The Morgan fingerprint density at radius 2 is 1.95 bits per heavy atom. The van der Waals surface area contributed by atoms with Gasteiger partial charge in [0.25, 0.3) is 0 Å². The van der Waals surface area contributed by atoms with Gasteiger partial charge in [0.15, 0.2) is 0 Å². The summed E-state index contributed by atoms with van der Waals surface area (Å²) in [6.45, 7) is 0. The second-order valence-electron chi connectivity index (χ2n) is 4.07. The van der Waals surface area contributed by atoms with Gasteiger partial charge in [0.05, 0.1) is 5.52 Å². The van der Waals surface area contributed by atoms with Crippen LogP contribution in [0.25, 0.3) is 10.9 Å². The number of nitrogens with two attached hydrogens (primary N) is 1. The van der Waals surface area contributed by atoms with Crippen molar-refractivity contribution in [1.29, 1.82) is 0 Å². The van der Waals surface area contributed by atoms with Crippen LogP contribution in [0.4, 0.5) is 5.82 Å². The van der Waals surface area contributed by atoms with E-state index in [0.29, 0.717) is 5.82 Å². The maximum Gasteiger partial charge on any atom is 0.123 e. The molecule has 4 nitrogen and oxygen atoms in total. The van der Waals surface area contributed by atoms with E-state index in [2.05, 4.69) is 15.0 Å². The van der Waals surface area contributed by atoms with E-state index in [1.54, 1.807) is 24.3 Å². The van der Waals surface area contributed by atoms with Crippen molar-refractivity contribution in [2.75, 3.05) is 5.73 Å². The molecule has 0 unspecified atom stereocenters. The van der Waals surface area contributed by atoms with Crippen molar-refractivity contribution < 1.29 is 0 Å². The van der Waals surface area contributed by atoms with E-state index in [1.807, 2.05) is 36.4 Å². The molecule has 94 valence electrons. The lowest BCUT2D eigenvalue weighted by atomic mass is 10.2. The van der Waals surface area contributed by atoms with E-state index in [-0.39, 0.29) is 0 Å². The number of para-hydroxylation sites is 1. The van der Waals surface area contributed by atoms with E-state index >= 15 is 0 Å². The number of nitrogen functional groups attached to an aromatic ring is 1. The zero-order chi connectivity index (χ0) is 13.1. The quantitative estimate of drug-likeness (QED) is 0.584. The number of hydrogen-bond donors (Lipinski definition) is 1. The molecule has 0 saturated heterocycles. The van der Waals surface area contributed by atoms with E-state index in [4.69, 9.17) is 5.73 Å². The summed E-state index contributed by atoms with van der Waals surface area (Å²) in [5.74, 6) is 1.36. The number of nitrogens with zero attached hydrogens (tertiary/aromatic N) is 3. The fraction of sp³-hybridized carbons (Fsp3) is 0.0714. The Bertz CT molecular complexity index is 709. The van der Waals surface area contributed by atoms with Gasteiger partial charge in [0.1, 0.15) is 17.2 Å². The number of fused-ring (bicyclic) bond motifs is 1. The molecule has 1 aromatic carbocycles. The molecule has 0 aliphatic heterocycles. The summed E-state index contributed by atoms with van der Waals surface area (Å²) in [7, 11) is 0. The molecule has 0 bridgehead atoms. The maximum atomic E-state index is 5.67. The highest BCUT2D eigenvalue weighted by Crippen LogP contribution is 2.27. The van der Waals surface area contributed by atoms with Crippen LogP contribution in [0.3, 0.4) is 0 Å². The molecule has 0 aliphatic rings. The largest absolute Gasteiger partial charge is 0.384 e. The molecule has 0 atom stereocenters. The number of benzene rings is 1. The molecule has 0 saturated carbocycles. The first-order chi connectivity index (χ1) is 9.33. The third kappa shape index (κ3) is 2.66. The minimum atomic E-state index is 0.547. The standard InChI is InChI=1S/C14H12N4S/c15-13-7-10(5-6-16-13)8-19-14-11-3-1-2-4-12(11)17-9-18-14/h1-7,9H,8H2,(H2,15,16). The van der Waals surface area contributed by atoms with Crippen LogP contribution in [-0.2, 0) is 5.75 Å². The minimum Gasteiger partial charge on any atom is -0.384 e. The molecular formula is C14H12N4S. The molecular weight excluding hydrogens is 256 g/mol. The maximum absolute atomic E-state index is 5.67. The zero-order valence-corrected chi connectivity index (χ0v) is 11.0. The fourth-order valence-electron chi connectivity index (χ4n) is 1.83. The Labute approximate surface area is 115 Å². The topological polar surface area (TPSA) is 64.7 Å². The first-order valence-corrected chi connectivity index (χ1v) is 6.84.